The third-order valence-electron chi connectivity index (χ3n) is 17.1. The Morgan fingerprint density at radius 3 is 1.30 bits per heavy atom. The van der Waals surface area contributed by atoms with Crippen molar-refractivity contribution in [2.45, 2.75) is 210 Å². The Hall–Kier alpha value is -10.00. The predicted molar refractivity (Wildman–Crippen MR) is 391 cm³/mol. The van der Waals surface area contributed by atoms with Gasteiger partial charge in [0.2, 0.25) is 70.9 Å². The topological polar surface area (TPSA) is 626 Å². The van der Waals surface area contributed by atoms with Gasteiger partial charge in [-0.3, -0.25) is 67.5 Å². The molecule has 0 bridgehead atoms. The van der Waals surface area contributed by atoms with E-state index in [0.29, 0.717) is 60.7 Å². The lowest BCUT2D eigenvalue weighted by atomic mass is 9.96. The Balaban J connectivity index is 2.07. The first-order valence-corrected chi connectivity index (χ1v) is 35.1. The van der Waals surface area contributed by atoms with E-state index in [2.05, 4.69) is 68.1 Å². The number of aromatic nitrogens is 1. The van der Waals surface area contributed by atoms with E-state index in [-0.39, 0.29) is 115 Å². The molecule has 0 aliphatic rings. The summed E-state index contributed by atoms with van der Waals surface area (Å²) in [5.41, 5.74) is 59.0. The van der Waals surface area contributed by atoms with Crippen LogP contribution < -0.4 is 111 Å². The average Bonchev–Trinajstić information content (AvgIpc) is 1.75. The Labute approximate surface area is 601 Å². The molecule has 3 rings (SSSR count). The number of carbonyl (C=O) groups excluding carboxylic acids is 12. The van der Waals surface area contributed by atoms with Crippen LogP contribution in [0.1, 0.15) is 142 Å². The van der Waals surface area contributed by atoms with E-state index >= 15 is 4.79 Å². The zero-order chi connectivity index (χ0) is 76.7. The van der Waals surface area contributed by atoms with Gasteiger partial charge in [-0.05, 0) is 133 Å². The SMILES string of the molecule is CC[C@H](C)[C@H](NC(=O)[C@H](Cc1ccccc1)NC(=O)[C@H](CC(N)=O)NC(=O)[C@H](CCCCN)NC(=O)[C@H](CCCCN)NC(=O)[C@H](Cc1c[nH]c2ccccc12)NC(=O)[C@H](CCCN=C(N)N)NC(=O)[C@H](CCCN=C(N)N)NC(=O)[C@@H](N)CCCCN)C(=O)N[C@@H](C)C(=O)N[C@H](C(N)=O)C(C)C. The lowest BCUT2D eigenvalue weighted by Crippen LogP contribution is -2.61. The monoisotopic (exact) mass is 1440 g/mol. The summed E-state index contributed by atoms with van der Waals surface area (Å²) in [7, 11) is 0. The van der Waals surface area contributed by atoms with Gasteiger partial charge in [0.15, 0.2) is 11.9 Å². The van der Waals surface area contributed by atoms with Crippen LogP contribution in [0.2, 0.25) is 0 Å². The third-order valence-corrected chi connectivity index (χ3v) is 17.1. The van der Waals surface area contributed by atoms with Crippen molar-refractivity contribution < 1.29 is 57.5 Å². The highest BCUT2D eigenvalue weighted by molar-refractivity contribution is 6.00. The highest BCUT2D eigenvalue weighted by Crippen LogP contribution is 2.21. The van der Waals surface area contributed by atoms with Crippen LogP contribution in [-0.2, 0) is 70.4 Å². The normalized spacial score (nSPS) is 14.7. The summed E-state index contributed by atoms with van der Waals surface area (Å²) in [6.07, 6.45) is 3.55. The van der Waals surface area contributed by atoms with Crippen molar-refractivity contribution in [3.05, 3.63) is 71.9 Å². The molecule has 35 heteroatoms. The van der Waals surface area contributed by atoms with Crippen LogP contribution in [0.5, 0.6) is 0 Å². The number of aliphatic imine (C=N–C) groups is 2. The number of fused-ring (bicyclic) bond motifs is 1. The van der Waals surface area contributed by atoms with E-state index in [1.807, 2.05) is 0 Å². The molecular formula is C68H113N23O12. The molecule has 0 fully saturated rings. The number of primary amides is 2. The smallest absolute Gasteiger partial charge is 0.243 e. The summed E-state index contributed by atoms with van der Waals surface area (Å²) in [6.45, 7) is 9.03. The molecule has 3 aromatic rings. The van der Waals surface area contributed by atoms with E-state index in [4.69, 9.17) is 57.3 Å². The molecule has 12 atom stereocenters. The van der Waals surface area contributed by atoms with Gasteiger partial charge in [-0.1, -0.05) is 89.1 Å². The number of nitrogens with zero attached hydrogens (tertiary/aromatic N) is 2. The first kappa shape index (κ1) is 87.2. The Morgan fingerprint density at radius 1 is 0.427 bits per heavy atom. The maximum Gasteiger partial charge on any atom is 0.243 e. The zero-order valence-electron chi connectivity index (χ0n) is 59.9. The summed E-state index contributed by atoms with van der Waals surface area (Å²) in [4.78, 5) is 180. The maximum absolute atomic E-state index is 15.1. The summed E-state index contributed by atoms with van der Waals surface area (Å²) >= 11 is 0. The molecule has 0 radical (unpaired) electrons. The van der Waals surface area contributed by atoms with Gasteiger partial charge >= 0.3 is 0 Å². The summed E-state index contributed by atoms with van der Waals surface area (Å²) in [5, 5.41) is 27.4. The van der Waals surface area contributed by atoms with Gasteiger partial charge in [0.05, 0.1) is 12.5 Å². The third kappa shape index (κ3) is 31.8. The number of guanidine groups is 2. The second-order valence-corrected chi connectivity index (χ2v) is 25.9. The molecule has 1 heterocycles. The number of nitrogens with one attached hydrogen (secondary N) is 11. The molecule has 0 aliphatic carbocycles. The van der Waals surface area contributed by atoms with Crippen LogP contribution in [-0.4, -0.2) is 187 Å². The number of nitrogens with two attached hydrogens (primary N) is 10. The van der Waals surface area contributed by atoms with Crippen LogP contribution in [0.15, 0.2) is 70.8 Å². The molecule has 103 heavy (non-hydrogen) atoms. The van der Waals surface area contributed by atoms with Crippen molar-refractivity contribution >= 4 is 93.7 Å². The second kappa shape index (κ2) is 46.5. The van der Waals surface area contributed by atoms with E-state index < -0.39 is 150 Å². The lowest BCUT2D eigenvalue weighted by Gasteiger charge is -2.29. The number of rotatable bonds is 50. The van der Waals surface area contributed by atoms with Gasteiger partial charge in [0.1, 0.15) is 60.4 Å². The number of hydrogen-bond donors (Lipinski definition) is 21. The minimum absolute atomic E-state index is 0.00204. The Bertz CT molecular complexity index is 3310. The lowest BCUT2D eigenvalue weighted by molar-refractivity contribution is -0.137. The van der Waals surface area contributed by atoms with Crippen molar-refractivity contribution in [2.24, 2.45) is 79.2 Å². The van der Waals surface area contributed by atoms with Gasteiger partial charge in [-0.15, -0.1) is 0 Å². The molecule has 0 unspecified atom stereocenters. The minimum Gasteiger partial charge on any atom is -0.370 e. The van der Waals surface area contributed by atoms with Crippen LogP contribution in [0, 0.1) is 11.8 Å². The summed E-state index contributed by atoms with van der Waals surface area (Å²) in [5.74, 6) is -11.7. The predicted octanol–water partition coefficient (Wildman–Crippen LogP) is -4.29. The van der Waals surface area contributed by atoms with E-state index in [1.54, 1.807) is 88.5 Å². The van der Waals surface area contributed by atoms with Crippen LogP contribution in [0.4, 0.5) is 0 Å². The average molecular weight is 1440 g/mol. The quantitative estimate of drug-likeness (QED) is 0.0144. The van der Waals surface area contributed by atoms with E-state index in [0.717, 1.165) is 0 Å². The summed E-state index contributed by atoms with van der Waals surface area (Å²) < 4.78 is 0. The summed E-state index contributed by atoms with van der Waals surface area (Å²) in [6, 6.07) is 0.743. The second-order valence-electron chi connectivity index (χ2n) is 25.9. The molecule has 12 amide bonds. The number of amides is 12. The Morgan fingerprint density at radius 2 is 0.835 bits per heavy atom. The number of benzene rings is 2. The van der Waals surface area contributed by atoms with Gasteiger partial charge in [-0.2, -0.15) is 0 Å². The first-order valence-electron chi connectivity index (χ1n) is 35.1. The molecule has 31 N–H and O–H groups in total. The number of carbonyl (C=O) groups is 12. The number of unbranched alkanes of at least 4 members (excludes halogenated alkanes) is 3. The fourth-order valence-corrected chi connectivity index (χ4v) is 11.0. The molecule has 0 saturated heterocycles. The molecule has 0 aliphatic heterocycles. The highest BCUT2D eigenvalue weighted by Gasteiger charge is 2.38. The fourth-order valence-electron chi connectivity index (χ4n) is 11.0. The van der Waals surface area contributed by atoms with Crippen molar-refractivity contribution in [3.8, 4) is 0 Å². The largest absolute Gasteiger partial charge is 0.370 e. The molecule has 0 spiro atoms. The van der Waals surface area contributed by atoms with Crippen LogP contribution in [0.3, 0.4) is 0 Å². The van der Waals surface area contributed by atoms with Gasteiger partial charge in [0, 0.05) is 43.0 Å². The number of para-hydroxylation sites is 1. The molecular weight excluding hydrogens is 1330 g/mol. The molecule has 572 valence electrons. The number of hydrogen-bond acceptors (Lipinski definition) is 18. The van der Waals surface area contributed by atoms with Crippen LogP contribution >= 0.6 is 0 Å². The first-order chi connectivity index (χ1) is 48.9. The van der Waals surface area contributed by atoms with Gasteiger partial charge in [0.25, 0.3) is 0 Å². The van der Waals surface area contributed by atoms with E-state index in [9.17, 15) is 52.7 Å². The van der Waals surface area contributed by atoms with Crippen molar-refractivity contribution in [1.29, 1.82) is 0 Å². The van der Waals surface area contributed by atoms with Crippen molar-refractivity contribution in [1.82, 2.24) is 58.2 Å². The minimum atomic E-state index is -1.78. The van der Waals surface area contributed by atoms with Crippen LogP contribution in [0.25, 0.3) is 10.9 Å². The van der Waals surface area contributed by atoms with E-state index in [1.165, 1.54) is 6.92 Å². The standard InChI is InChI=1S/C68H113N23O12/c1-6-39(4)55(66(103)82-40(5)57(94)90-54(38(2)3)56(74)93)91-65(102)50(34-41-20-8-7-9-21-41)87-64(101)52(36-53(73)92)89-61(98)47(26-14-17-31-71)84-59(96)46(25-13-16-30-70)86-63(100)51(35-42-37-81-45-24-11-10-22-43(42)45)88-62(99)49(28-19-33-80-68(77)78)85-60(97)48(27-18-32-79-67(75)76)83-58(95)44(72)23-12-15-29-69/h7-11,20-22,24,37-40,44,46-52,54-55,81H,6,12-19,23,25-36,69-72H2,1-5H3,(H2,73,92)(H2,74,93)(H,82,103)(H,83,95)(H,84,96)(H,85,97)(H,86,100)(H,87,101)(H,88,99)(H,89,98)(H,90,94)(H,91,102)(H4,75,76,79)(H4,77,78,80)/t39-,40-,44-,46-,47-,48-,49-,50-,51-,52-,54-,55-/m0/s1. The fraction of sp³-hybridized carbons (Fsp3) is 0.588. The maximum atomic E-state index is 15.1. The Kier molecular flexibility index (Phi) is 39.4. The van der Waals surface area contributed by atoms with Gasteiger partial charge < -0.3 is 115 Å². The van der Waals surface area contributed by atoms with Crippen molar-refractivity contribution in [2.75, 3.05) is 32.7 Å². The number of aromatic amines is 1. The molecule has 0 saturated carbocycles. The number of H-pyrrole nitrogens is 1. The molecule has 35 nitrogen and oxygen atoms in total. The highest BCUT2D eigenvalue weighted by atomic mass is 16.2. The molecule has 2 aromatic carbocycles. The van der Waals surface area contributed by atoms with Gasteiger partial charge in [-0.25, -0.2) is 0 Å². The zero-order valence-corrected chi connectivity index (χ0v) is 59.9. The molecule has 1 aromatic heterocycles. The van der Waals surface area contributed by atoms with Crippen molar-refractivity contribution in [3.63, 3.8) is 0 Å².